The SMILES string of the molecule is CC(C)(C)c1ccc(-n2c(-c3cc(C(C)(C)C)cc(C(C)(C)C)c3O)nc3c(-c4[c-]c(-c5cc6c(cn5)-c5ccccc5C6(C)C)cc(-c5ccccc5)c4)cccc32)c(-c2ccccc2)c1.[Pt]. The number of pyridine rings is 1. The molecule has 2 aromatic heterocycles. The maximum atomic E-state index is 12.6. The summed E-state index contributed by atoms with van der Waals surface area (Å²) in [5.74, 6) is 0.928. The van der Waals surface area contributed by atoms with E-state index in [0.29, 0.717) is 11.4 Å². The van der Waals surface area contributed by atoms with Gasteiger partial charge < -0.3 is 5.11 Å². The van der Waals surface area contributed by atoms with Crippen molar-refractivity contribution in [2.75, 3.05) is 0 Å². The molecule has 1 aliphatic carbocycles. The number of para-hydroxylation sites is 1. The number of hydrogen-bond donors (Lipinski definition) is 1. The minimum atomic E-state index is -0.335. The molecular formula is C63H60N3OPt-. The van der Waals surface area contributed by atoms with E-state index in [4.69, 9.17) is 9.97 Å². The van der Waals surface area contributed by atoms with Crippen LogP contribution in [0, 0.1) is 6.07 Å². The second-order valence-corrected chi connectivity index (χ2v) is 22.1. The molecule has 344 valence electrons. The molecule has 1 N–H and O–H groups in total. The molecule has 68 heavy (non-hydrogen) atoms. The Bertz CT molecular complexity index is 3380. The zero-order valence-corrected chi connectivity index (χ0v) is 43.4. The van der Waals surface area contributed by atoms with Crippen LogP contribution in [0.25, 0.3) is 83.9 Å². The van der Waals surface area contributed by atoms with E-state index in [1.165, 1.54) is 27.8 Å². The minimum Gasteiger partial charge on any atom is -0.507 e. The maximum Gasteiger partial charge on any atom is 0.148 e. The summed E-state index contributed by atoms with van der Waals surface area (Å²) in [5.41, 5.74) is 19.0. The Balaban J connectivity index is 0.00000578. The number of phenolic OH excluding ortho intramolecular Hbond substituents is 1. The van der Waals surface area contributed by atoms with Gasteiger partial charge in [0.1, 0.15) is 11.6 Å². The summed E-state index contributed by atoms with van der Waals surface area (Å²) in [6.07, 6.45) is 2.05. The summed E-state index contributed by atoms with van der Waals surface area (Å²) in [7, 11) is 0. The Kier molecular flexibility index (Phi) is 11.7. The predicted octanol–water partition coefficient (Wildman–Crippen LogP) is 16.5. The molecule has 5 heteroatoms. The summed E-state index contributed by atoms with van der Waals surface area (Å²) in [6.45, 7) is 24.6. The number of phenols is 1. The molecule has 0 bridgehead atoms. The van der Waals surface area contributed by atoms with E-state index in [2.05, 4.69) is 245 Å². The molecule has 0 amide bonds. The van der Waals surface area contributed by atoms with Gasteiger partial charge in [-0.15, -0.1) is 23.8 Å². The number of hydrogen-bond acceptors (Lipinski definition) is 3. The molecule has 0 unspecified atom stereocenters. The van der Waals surface area contributed by atoms with Crippen LogP contribution in [0.5, 0.6) is 5.75 Å². The summed E-state index contributed by atoms with van der Waals surface area (Å²) < 4.78 is 2.28. The van der Waals surface area contributed by atoms with Crippen LogP contribution in [0.3, 0.4) is 0 Å². The second kappa shape index (κ2) is 17.0. The molecule has 7 aromatic carbocycles. The van der Waals surface area contributed by atoms with Crippen LogP contribution in [-0.4, -0.2) is 19.6 Å². The van der Waals surface area contributed by atoms with Gasteiger partial charge in [-0.25, -0.2) is 4.98 Å². The second-order valence-electron chi connectivity index (χ2n) is 22.1. The Morgan fingerprint density at radius 1 is 0.515 bits per heavy atom. The number of benzene rings is 7. The van der Waals surface area contributed by atoms with Crippen molar-refractivity contribution in [3.05, 3.63) is 192 Å². The molecule has 1 aliphatic rings. The quantitative estimate of drug-likeness (QED) is 0.169. The fourth-order valence-corrected chi connectivity index (χ4v) is 9.99. The van der Waals surface area contributed by atoms with E-state index in [1.807, 2.05) is 0 Å². The molecule has 0 saturated heterocycles. The third kappa shape index (κ3) is 8.15. The topological polar surface area (TPSA) is 50.9 Å². The van der Waals surface area contributed by atoms with Gasteiger partial charge >= 0.3 is 0 Å². The smallest absolute Gasteiger partial charge is 0.148 e. The molecule has 9 aromatic rings. The van der Waals surface area contributed by atoms with Crippen LogP contribution < -0.4 is 0 Å². The van der Waals surface area contributed by atoms with E-state index in [-0.39, 0.29) is 48.5 Å². The van der Waals surface area contributed by atoms with Gasteiger partial charge in [0, 0.05) is 55.1 Å². The summed E-state index contributed by atoms with van der Waals surface area (Å²) in [5, 5.41) is 12.6. The van der Waals surface area contributed by atoms with Crippen LogP contribution in [0.4, 0.5) is 0 Å². The predicted molar refractivity (Wildman–Crippen MR) is 280 cm³/mol. The molecule has 2 heterocycles. The molecule has 4 nitrogen and oxygen atoms in total. The van der Waals surface area contributed by atoms with E-state index >= 15 is 0 Å². The van der Waals surface area contributed by atoms with E-state index in [9.17, 15) is 5.11 Å². The first-order valence-corrected chi connectivity index (χ1v) is 23.6. The van der Waals surface area contributed by atoms with Crippen molar-refractivity contribution in [3.63, 3.8) is 0 Å². The van der Waals surface area contributed by atoms with Gasteiger partial charge in [0.05, 0.1) is 22.3 Å². The zero-order chi connectivity index (χ0) is 47.2. The van der Waals surface area contributed by atoms with Crippen molar-refractivity contribution in [1.29, 1.82) is 0 Å². The monoisotopic (exact) mass is 1070 g/mol. The maximum absolute atomic E-state index is 12.6. The fourth-order valence-electron chi connectivity index (χ4n) is 9.99. The molecule has 0 spiro atoms. The Morgan fingerprint density at radius 3 is 1.81 bits per heavy atom. The van der Waals surface area contributed by atoms with Gasteiger partial charge in [-0.05, 0) is 79.5 Å². The third-order valence-corrected chi connectivity index (χ3v) is 13.9. The van der Waals surface area contributed by atoms with Crippen LogP contribution in [0.15, 0.2) is 158 Å². The van der Waals surface area contributed by atoms with Gasteiger partial charge in [0.25, 0.3) is 0 Å². The molecular weight excluding hydrogens is 1010 g/mol. The Hall–Kier alpha value is -6.35. The molecule has 0 fully saturated rings. The van der Waals surface area contributed by atoms with Crippen molar-refractivity contribution >= 4 is 11.0 Å². The third-order valence-electron chi connectivity index (χ3n) is 13.9. The standard InChI is InChI=1S/C63H60N3O.Pt/c1-60(2,3)44-29-30-55(48(34-44)40-23-16-13-17-24-40)66-56-28-20-26-46(57(56)65-59(66)49-35-45(61(4,5)6)36-53(58(49)67)62(7,8)9)42-31-41(39-21-14-12-15-22-39)32-43(33-42)54-37-52-50(38-64-54)47-25-18-19-27-51(47)63(52,10)11;/h12-32,34-38,67H,1-11H3;/q-1;. The molecule has 0 saturated carbocycles. The van der Waals surface area contributed by atoms with Crippen molar-refractivity contribution in [2.24, 2.45) is 0 Å². The van der Waals surface area contributed by atoms with Gasteiger partial charge in [0.2, 0.25) is 0 Å². The van der Waals surface area contributed by atoms with Crippen LogP contribution >= 0.6 is 0 Å². The van der Waals surface area contributed by atoms with Gasteiger partial charge in [-0.1, -0.05) is 208 Å². The summed E-state index contributed by atoms with van der Waals surface area (Å²) in [4.78, 5) is 10.9. The summed E-state index contributed by atoms with van der Waals surface area (Å²) in [6, 6.07) is 58.2. The average molecular weight is 1070 g/mol. The number of nitrogens with zero attached hydrogens (tertiary/aromatic N) is 3. The first-order chi connectivity index (χ1) is 31.8. The molecule has 0 radical (unpaired) electrons. The fraction of sp³-hybridized carbons (Fsp3) is 0.238. The van der Waals surface area contributed by atoms with Gasteiger partial charge in [0.15, 0.2) is 0 Å². The molecule has 0 atom stereocenters. The summed E-state index contributed by atoms with van der Waals surface area (Å²) >= 11 is 0. The zero-order valence-electron chi connectivity index (χ0n) is 41.1. The number of imidazole rings is 1. The number of rotatable bonds is 6. The minimum absolute atomic E-state index is 0. The molecule has 10 rings (SSSR count). The van der Waals surface area contributed by atoms with Crippen LogP contribution in [-0.2, 0) is 42.7 Å². The van der Waals surface area contributed by atoms with Crippen LogP contribution in [0.2, 0.25) is 0 Å². The van der Waals surface area contributed by atoms with Crippen molar-refractivity contribution in [2.45, 2.75) is 97.8 Å². The van der Waals surface area contributed by atoms with Gasteiger partial charge in [-0.3, -0.25) is 9.55 Å². The van der Waals surface area contributed by atoms with Gasteiger partial charge in [-0.2, -0.15) is 0 Å². The van der Waals surface area contributed by atoms with Crippen molar-refractivity contribution in [1.82, 2.24) is 14.5 Å². The Morgan fingerprint density at radius 2 is 1.13 bits per heavy atom. The van der Waals surface area contributed by atoms with E-state index in [1.54, 1.807) is 0 Å². The number of fused-ring (bicyclic) bond motifs is 4. The van der Waals surface area contributed by atoms with E-state index in [0.717, 1.165) is 72.5 Å². The van der Waals surface area contributed by atoms with Crippen LogP contribution in [0.1, 0.15) is 104 Å². The van der Waals surface area contributed by atoms with Crippen molar-refractivity contribution in [3.8, 4) is 78.6 Å². The number of aromatic nitrogens is 3. The largest absolute Gasteiger partial charge is 0.507 e. The Labute approximate surface area is 417 Å². The van der Waals surface area contributed by atoms with Crippen molar-refractivity contribution < 1.29 is 26.2 Å². The van der Waals surface area contributed by atoms with E-state index < -0.39 is 0 Å². The number of aromatic hydroxyl groups is 1. The first kappa shape index (κ1) is 46.7. The first-order valence-electron chi connectivity index (χ1n) is 23.6. The normalized spacial score (nSPS) is 13.3. The molecule has 0 aliphatic heterocycles. The average Bonchev–Trinajstić information content (AvgIpc) is 3.80.